The van der Waals surface area contributed by atoms with Gasteiger partial charge < -0.3 is 10.0 Å². The Kier molecular flexibility index (Phi) is 11.3. The van der Waals surface area contributed by atoms with Crippen LogP contribution >= 0.6 is 0 Å². The Morgan fingerprint density at radius 2 is 1.65 bits per heavy atom. The molecule has 2 N–H and O–H groups in total. The summed E-state index contributed by atoms with van der Waals surface area (Å²) >= 11 is 0. The van der Waals surface area contributed by atoms with E-state index < -0.39 is 26.9 Å². The number of nitro benzene ring substituents is 1. The van der Waals surface area contributed by atoms with E-state index in [1.165, 1.54) is 12.1 Å². The number of allylic oxidation sites excluding steroid dienone is 8. The first kappa shape index (κ1) is 36.5. The van der Waals surface area contributed by atoms with Gasteiger partial charge in [-0.3, -0.25) is 19.5 Å². The molecule has 2 aromatic carbocycles. The number of nitro groups is 1. The molecule has 2 aliphatic heterocycles. The molecule has 256 valence electrons. The molecular weight excluding hydrogens is 630 g/mol. The van der Waals surface area contributed by atoms with Crippen molar-refractivity contribution in [1.29, 1.82) is 0 Å². The maximum absolute atomic E-state index is 11.9. The molecule has 0 atom stereocenters. The number of hydrogen-bond acceptors (Lipinski definition) is 6. The number of hydrogen-bond donors (Lipinski definition) is 2. The van der Waals surface area contributed by atoms with Gasteiger partial charge in [0.15, 0.2) is 5.71 Å². The van der Waals surface area contributed by atoms with Gasteiger partial charge in [0, 0.05) is 66.0 Å². The number of rotatable bonds is 15. The van der Waals surface area contributed by atoms with Crippen molar-refractivity contribution in [3.8, 4) is 0 Å². The Morgan fingerprint density at radius 1 is 0.938 bits per heavy atom. The Labute approximate surface area is 283 Å². The minimum Gasteiger partial charge on any atom is -0.481 e. The third-order valence-electron chi connectivity index (χ3n) is 9.21. The Bertz CT molecular complexity index is 1830. The zero-order valence-corrected chi connectivity index (χ0v) is 29.2. The van der Waals surface area contributed by atoms with E-state index in [1.54, 1.807) is 18.2 Å². The highest BCUT2D eigenvalue weighted by atomic mass is 32.2. The Balaban J connectivity index is 1.57. The summed E-state index contributed by atoms with van der Waals surface area (Å²) in [4.78, 5) is 24.2. The van der Waals surface area contributed by atoms with Crippen molar-refractivity contribution in [1.82, 2.24) is 0 Å². The number of carboxylic acids is 1. The first-order chi connectivity index (χ1) is 22.6. The monoisotopic (exact) mass is 676 g/mol. The lowest BCUT2D eigenvalue weighted by Gasteiger charge is -2.26. The van der Waals surface area contributed by atoms with Gasteiger partial charge in [-0.25, -0.2) is 0 Å². The summed E-state index contributed by atoms with van der Waals surface area (Å²) in [6.07, 6.45) is 18.0. The second kappa shape index (κ2) is 14.8. The molecule has 2 aromatic rings. The molecule has 0 fully saturated rings. The fraction of sp³-hybridized carbons (Fsp3) is 0.405. The maximum atomic E-state index is 11.9. The van der Waals surface area contributed by atoms with Gasteiger partial charge in [0.1, 0.15) is 6.54 Å². The average Bonchev–Trinajstić information content (AvgIpc) is 3.36. The van der Waals surface area contributed by atoms with Crippen molar-refractivity contribution in [2.75, 3.05) is 18.0 Å². The summed E-state index contributed by atoms with van der Waals surface area (Å²) in [5.41, 5.74) is 4.77. The molecule has 0 aliphatic carbocycles. The summed E-state index contributed by atoms with van der Waals surface area (Å²) < 4.78 is 35.6. The highest BCUT2D eigenvalue weighted by molar-refractivity contribution is 7.85. The van der Waals surface area contributed by atoms with Gasteiger partial charge in [0.25, 0.3) is 15.8 Å². The molecule has 2 heterocycles. The second-order valence-electron chi connectivity index (χ2n) is 13.3. The number of fused-ring (bicyclic) bond motifs is 2. The standard InChI is InChI=1S/C37H45N3O7S/c1-6-7-23-38-31-21-19-27(40(43)44)25-29(31)36(2,3)33(38)16-12-9-8-10-13-17-34-37(4,5)30-26-28(48(45,46)47)20-22-32(30)39(34)24-15-11-14-18-35(41)42/h8-10,12-13,16-17,19-22,25-26H,6-7,11,14-15,18,23-24H2,1-5H3,(H-,41,42,45,46,47)/p+1. The average molecular weight is 677 g/mol. The lowest BCUT2D eigenvalue weighted by atomic mass is 9.81. The molecule has 48 heavy (non-hydrogen) atoms. The largest absolute Gasteiger partial charge is 0.481 e. The van der Waals surface area contributed by atoms with Crippen LogP contribution in [0.3, 0.4) is 0 Å². The van der Waals surface area contributed by atoms with Crippen LogP contribution in [0.15, 0.2) is 89.5 Å². The molecule has 0 unspecified atom stereocenters. The minimum atomic E-state index is -4.37. The quantitative estimate of drug-likeness (QED) is 0.0483. The first-order valence-corrected chi connectivity index (χ1v) is 17.8. The van der Waals surface area contributed by atoms with Gasteiger partial charge in [0.2, 0.25) is 5.69 Å². The van der Waals surface area contributed by atoms with Gasteiger partial charge in [-0.2, -0.15) is 13.0 Å². The predicted octanol–water partition coefficient (Wildman–Crippen LogP) is 8.01. The van der Waals surface area contributed by atoms with Crippen LogP contribution in [-0.2, 0) is 25.7 Å². The number of nitrogens with zero attached hydrogens (tertiary/aromatic N) is 3. The van der Waals surface area contributed by atoms with E-state index in [0.717, 1.165) is 66.1 Å². The number of carboxylic acid groups (broad SMARTS) is 1. The zero-order chi connectivity index (χ0) is 35.3. The van der Waals surface area contributed by atoms with Crippen LogP contribution in [0.5, 0.6) is 0 Å². The molecule has 2 aliphatic rings. The SMILES string of the molecule is CCCCN1\C(=C/C=C/C=C/C=C/C2=[N+](CCCCCC(=O)O)c3ccc(S(=O)(=O)O)cc3C2(C)C)C(C)(C)c2cc([N+](=O)[O-])ccc21. The molecule has 0 amide bonds. The number of anilines is 1. The molecule has 0 spiro atoms. The van der Waals surface area contributed by atoms with E-state index in [2.05, 4.69) is 36.3 Å². The number of carbonyl (C=O) groups is 1. The molecule has 0 aromatic heterocycles. The van der Waals surface area contributed by atoms with E-state index in [9.17, 15) is 27.9 Å². The van der Waals surface area contributed by atoms with Crippen LogP contribution in [0.2, 0.25) is 0 Å². The van der Waals surface area contributed by atoms with E-state index >= 15 is 0 Å². The molecule has 0 saturated heterocycles. The van der Waals surface area contributed by atoms with Gasteiger partial charge in [-0.05, 0) is 62.9 Å². The number of non-ortho nitro benzene ring substituents is 1. The highest BCUT2D eigenvalue weighted by Crippen LogP contribution is 2.49. The lowest BCUT2D eigenvalue weighted by Crippen LogP contribution is -2.28. The van der Waals surface area contributed by atoms with Gasteiger partial charge in [0.05, 0.1) is 15.2 Å². The number of aliphatic carboxylic acids is 1. The smallest absolute Gasteiger partial charge is 0.303 e. The lowest BCUT2D eigenvalue weighted by molar-refractivity contribution is -0.438. The topological polar surface area (TPSA) is 141 Å². The molecule has 11 heteroatoms. The Hall–Kier alpha value is -4.35. The van der Waals surface area contributed by atoms with Gasteiger partial charge >= 0.3 is 5.97 Å². The van der Waals surface area contributed by atoms with E-state index in [0.29, 0.717) is 13.0 Å². The molecule has 10 nitrogen and oxygen atoms in total. The first-order valence-electron chi connectivity index (χ1n) is 16.4. The summed E-state index contributed by atoms with van der Waals surface area (Å²) in [5, 5.41) is 20.5. The maximum Gasteiger partial charge on any atom is 0.303 e. The highest BCUT2D eigenvalue weighted by Gasteiger charge is 2.45. The fourth-order valence-electron chi connectivity index (χ4n) is 6.60. The summed E-state index contributed by atoms with van der Waals surface area (Å²) in [6, 6.07) is 9.76. The van der Waals surface area contributed by atoms with Crippen LogP contribution in [0.1, 0.15) is 84.3 Å². The van der Waals surface area contributed by atoms with Crippen molar-refractivity contribution < 1.29 is 32.4 Å². The van der Waals surface area contributed by atoms with Crippen molar-refractivity contribution in [2.45, 2.75) is 88.9 Å². The third-order valence-corrected chi connectivity index (χ3v) is 10.1. The molecule has 0 radical (unpaired) electrons. The Morgan fingerprint density at radius 3 is 2.31 bits per heavy atom. The minimum absolute atomic E-state index is 0.0887. The molecule has 4 rings (SSSR count). The number of unbranched alkanes of at least 4 members (excludes halogenated alkanes) is 3. The predicted molar refractivity (Wildman–Crippen MR) is 189 cm³/mol. The van der Waals surface area contributed by atoms with Gasteiger partial charge in [-0.1, -0.05) is 57.6 Å². The fourth-order valence-corrected chi connectivity index (χ4v) is 7.11. The van der Waals surface area contributed by atoms with Crippen LogP contribution in [-0.4, -0.2) is 52.3 Å². The second-order valence-corrected chi connectivity index (χ2v) is 14.7. The van der Waals surface area contributed by atoms with Crippen molar-refractivity contribution >= 4 is 38.9 Å². The zero-order valence-electron chi connectivity index (χ0n) is 28.3. The van der Waals surface area contributed by atoms with Crippen molar-refractivity contribution in [3.63, 3.8) is 0 Å². The van der Waals surface area contributed by atoms with Crippen molar-refractivity contribution in [3.05, 3.63) is 106 Å². The normalized spacial score (nSPS) is 17.7. The van der Waals surface area contributed by atoms with E-state index in [1.807, 2.05) is 56.4 Å². The van der Waals surface area contributed by atoms with Crippen LogP contribution in [0.4, 0.5) is 17.1 Å². The number of benzene rings is 2. The van der Waals surface area contributed by atoms with E-state index in [-0.39, 0.29) is 21.9 Å². The third kappa shape index (κ3) is 7.85. The summed E-state index contributed by atoms with van der Waals surface area (Å²) in [6.45, 7) is 11.8. The summed E-state index contributed by atoms with van der Waals surface area (Å²) in [5.74, 6) is -0.815. The van der Waals surface area contributed by atoms with Crippen LogP contribution < -0.4 is 4.90 Å². The molecule has 0 saturated carbocycles. The molecular formula is C37H46N3O7S+. The van der Waals surface area contributed by atoms with Crippen molar-refractivity contribution in [2.24, 2.45) is 0 Å². The van der Waals surface area contributed by atoms with E-state index in [4.69, 9.17) is 5.11 Å². The van der Waals surface area contributed by atoms with Gasteiger partial charge in [-0.15, -0.1) is 0 Å². The van der Waals surface area contributed by atoms with Crippen LogP contribution in [0, 0.1) is 10.1 Å². The molecule has 0 bridgehead atoms. The summed E-state index contributed by atoms with van der Waals surface area (Å²) in [7, 11) is -4.37. The van der Waals surface area contributed by atoms with Crippen LogP contribution in [0.25, 0.3) is 0 Å².